The summed E-state index contributed by atoms with van der Waals surface area (Å²) in [4.78, 5) is 4.46. The second-order valence-electron chi connectivity index (χ2n) is 6.04. The molecule has 5 nitrogen and oxygen atoms in total. The Morgan fingerprint density at radius 1 is 1.38 bits per heavy atom. The second kappa shape index (κ2) is 6.32. The number of anilines is 1. The van der Waals surface area contributed by atoms with E-state index in [-0.39, 0.29) is 6.04 Å². The molecule has 118 valence electrons. The Kier molecular flexibility index (Phi) is 4.88. The first kappa shape index (κ1) is 16.2. The molecule has 0 spiro atoms. The quantitative estimate of drug-likeness (QED) is 0.928. The topological polar surface area (TPSA) is 62.3 Å². The summed E-state index contributed by atoms with van der Waals surface area (Å²) < 4.78 is 27.5. The minimum absolute atomic E-state index is 0.0296. The predicted octanol–water partition coefficient (Wildman–Crippen LogP) is 2.57. The molecule has 0 aliphatic carbocycles. The van der Waals surface area contributed by atoms with Gasteiger partial charge < -0.3 is 5.32 Å². The van der Waals surface area contributed by atoms with Crippen LogP contribution >= 0.6 is 0 Å². The van der Waals surface area contributed by atoms with E-state index in [1.54, 1.807) is 22.6 Å². The van der Waals surface area contributed by atoms with Crippen molar-refractivity contribution in [3.8, 4) is 0 Å². The first-order chi connectivity index (χ1) is 9.86. The molecule has 1 saturated heterocycles. The van der Waals surface area contributed by atoms with E-state index in [1.807, 2.05) is 13.8 Å². The lowest BCUT2D eigenvalue weighted by atomic mass is 9.88. The maximum Gasteiger partial charge on any atom is 0.243 e. The van der Waals surface area contributed by atoms with Crippen molar-refractivity contribution in [1.82, 2.24) is 9.29 Å². The molecule has 0 bridgehead atoms. The fraction of sp³-hybridized carbons (Fsp3) is 0.667. The minimum Gasteiger partial charge on any atom is -0.370 e. The van der Waals surface area contributed by atoms with Crippen molar-refractivity contribution >= 4 is 15.8 Å². The first-order valence-corrected chi connectivity index (χ1v) is 9.02. The smallest absolute Gasteiger partial charge is 0.243 e. The third-order valence-corrected chi connectivity index (χ3v) is 6.19. The van der Waals surface area contributed by atoms with E-state index in [4.69, 9.17) is 0 Å². The van der Waals surface area contributed by atoms with E-state index in [9.17, 15) is 8.42 Å². The molecule has 0 amide bonds. The van der Waals surface area contributed by atoms with Crippen LogP contribution < -0.4 is 5.32 Å². The molecule has 1 aliphatic heterocycles. The van der Waals surface area contributed by atoms with Gasteiger partial charge in [-0.3, -0.25) is 0 Å². The summed E-state index contributed by atoms with van der Waals surface area (Å²) in [5.74, 6) is 1.36. The Hall–Kier alpha value is -1.14. The Labute approximate surface area is 127 Å². The SMILES string of the molecule is CCNc1cc(S(=O)(=O)N2CC(C)CC(C)C2C)ccn1. The minimum atomic E-state index is -3.46. The Morgan fingerprint density at radius 2 is 2.10 bits per heavy atom. The normalized spacial score (nSPS) is 27.5. The molecular formula is C15H25N3O2S. The summed E-state index contributed by atoms with van der Waals surface area (Å²) >= 11 is 0. The van der Waals surface area contributed by atoms with Gasteiger partial charge in [0.1, 0.15) is 5.82 Å². The molecule has 3 atom stereocenters. The van der Waals surface area contributed by atoms with Crippen molar-refractivity contribution < 1.29 is 8.42 Å². The second-order valence-corrected chi connectivity index (χ2v) is 7.93. The van der Waals surface area contributed by atoms with Crippen LogP contribution in [0.15, 0.2) is 23.2 Å². The van der Waals surface area contributed by atoms with Gasteiger partial charge in [-0.1, -0.05) is 13.8 Å². The molecule has 1 N–H and O–H groups in total. The Bertz CT molecular complexity index is 588. The van der Waals surface area contributed by atoms with Crippen molar-refractivity contribution in [2.75, 3.05) is 18.4 Å². The highest BCUT2D eigenvalue weighted by Gasteiger charge is 2.37. The summed E-state index contributed by atoms with van der Waals surface area (Å²) in [5.41, 5.74) is 0. The van der Waals surface area contributed by atoms with Gasteiger partial charge >= 0.3 is 0 Å². The number of aromatic nitrogens is 1. The third-order valence-electron chi connectivity index (χ3n) is 4.24. The van der Waals surface area contributed by atoms with E-state index in [1.165, 1.54) is 0 Å². The number of hydrogen-bond donors (Lipinski definition) is 1. The van der Waals surface area contributed by atoms with Crippen LogP contribution in [0.1, 0.15) is 34.1 Å². The van der Waals surface area contributed by atoms with Crippen LogP contribution in [-0.4, -0.2) is 36.8 Å². The van der Waals surface area contributed by atoms with Crippen LogP contribution in [-0.2, 0) is 10.0 Å². The van der Waals surface area contributed by atoms with Crippen LogP contribution in [0.4, 0.5) is 5.82 Å². The van der Waals surface area contributed by atoms with Crippen LogP contribution in [0.5, 0.6) is 0 Å². The zero-order chi connectivity index (χ0) is 15.6. The van der Waals surface area contributed by atoms with Crippen LogP contribution in [0, 0.1) is 11.8 Å². The van der Waals surface area contributed by atoms with Gasteiger partial charge in [0.2, 0.25) is 10.0 Å². The van der Waals surface area contributed by atoms with Gasteiger partial charge in [0, 0.05) is 31.4 Å². The predicted molar refractivity (Wildman–Crippen MR) is 84.7 cm³/mol. The van der Waals surface area contributed by atoms with Crippen LogP contribution in [0.2, 0.25) is 0 Å². The Balaban J connectivity index is 2.34. The zero-order valence-electron chi connectivity index (χ0n) is 13.2. The van der Waals surface area contributed by atoms with Crippen molar-refractivity contribution in [3.05, 3.63) is 18.3 Å². The lowest BCUT2D eigenvalue weighted by Gasteiger charge is -2.40. The summed E-state index contributed by atoms with van der Waals surface area (Å²) in [6, 6.07) is 3.23. The highest BCUT2D eigenvalue weighted by Crippen LogP contribution is 2.31. The van der Waals surface area contributed by atoms with Gasteiger partial charge in [-0.05, 0) is 38.2 Å². The van der Waals surface area contributed by atoms with Crippen molar-refractivity contribution in [1.29, 1.82) is 0 Å². The molecule has 21 heavy (non-hydrogen) atoms. The molecule has 1 fully saturated rings. The van der Waals surface area contributed by atoms with Crippen LogP contribution in [0.25, 0.3) is 0 Å². The average Bonchev–Trinajstić information content (AvgIpc) is 2.43. The zero-order valence-corrected chi connectivity index (χ0v) is 14.0. The fourth-order valence-electron chi connectivity index (χ4n) is 2.97. The number of pyridine rings is 1. The highest BCUT2D eigenvalue weighted by atomic mass is 32.2. The average molecular weight is 311 g/mol. The molecule has 0 saturated carbocycles. The van der Waals surface area contributed by atoms with E-state index in [0.29, 0.717) is 35.6 Å². The molecule has 0 aromatic carbocycles. The largest absolute Gasteiger partial charge is 0.370 e. The van der Waals surface area contributed by atoms with Gasteiger partial charge in [0.05, 0.1) is 4.90 Å². The lowest BCUT2D eigenvalue weighted by Crippen LogP contribution is -2.48. The fourth-order valence-corrected chi connectivity index (χ4v) is 4.83. The van der Waals surface area contributed by atoms with E-state index < -0.39 is 10.0 Å². The summed E-state index contributed by atoms with van der Waals surface area (Å²) in [7, 11) is -3.46. The monoisotopic (exact) mass is 311 g/mol. The number of rotatable bonds is 4. The molecule has 6 heteroatoms. The molecule has 2 rings (SSSR count). The Morgan fingerprint density at radius 3 is 2.76 bits per heavy atom. The molecule has 0 radical (unpaired) electrons. The third kappa shape index (κ3) is 3.37. The summed E-state index contributed by atoms with van der Waals surface area (Å²) in [6.45, 7) is 9.50. The number of hydrogen-bond acceptors (Lipinski definition) is 4. The highest BCUT2D eigenvalue weighted by molar-refractivity contribution is 7.89. The van der Waals surface area contributed by atoms with Gasteiger partial charge in [-0.15, -0.1) is 0 Å². The number of nitrogens with zero attached hydrogens (tertiary/aromatic N) is 2. The molecule has 1 aromatic heterocycles. The van der Waals surface area contributed by atoms with Crippen molar-refractivity contribution in [3.63, 3.8) is 0 Å². The maximum absolute atomic E-state index is 12.9. The van der Waals surface area contributed by atoms with E-state index in [2.05, 4.69) is 24.1 Å². The van der Waals surface area contributed by atoms with Crippen molar-refractivity contribution in [2.24, 2.45) is 11.8 Å². The van der Waals surface area contributed by atoms with Gasteiger partial charge in [0.15, 0.2) is 0 Å². The van der Waals surface area contributed by atoms with Crippen molar-refractivity contribution in [2.45, 2.75) is 45.1 Å². The molecular weight excluding hydrogens is 286 g/mol. The van der Waals surface area contributed by atoms with Gasteiger partial charge in [-0.2, -0.15) is 4.31 Å². The molecule has 1 aromatic rings. The lowest BCUT2D eigenvalue weighted by molar-refractivity contribution is 0.157. The first-order valence-electron chi connectivity index (χ1n) is 7.58. The van der Waals surface area contributed by atoms with Gasteiger partial charge in [0.25, 0.3) is 0 Å². The summed E-state index contributed by atoms with van der Waals surface area (Å²) in [5, 5.41) is 3.06. The number of nitrogens with one attached hydrogen (secondary N) is 1. The maximum atomic E-state index is 12.9. The standard InChI is InChI=1S/C15H25N3O2S/c1-5-16-15-9-14(6-7-17-15)21(19,20)18-10-11(2)8-12(3)13(18)4/h6-7,9,11-13H,5,8,10H2,1-4H3,(H,16,17). The summed E-state index contributed by atoms with van der Waals surface area (Å²) in [6.07, 6.45) is 2.62. The number of sulfonamides is 1. The molecule has 2 heterocycles. The number of piperidine rings is 1. The molecule has 3 unspecified atom stereocenters. The molecule has 1 aliphatic rings. The van der Waals surface area contributed by atoms with Crippen LogP contribution in [0.3, 0.4) is 0 Å². The van der Waals surface area contributed by atoms with Gasteiger partial charge in [-0.25, -0.2) is 13.4 Å². The van der Waals surface area contributed by atoms with E-state index in [0.717, 1.165) is 6.42 Å². The van der Waals surface area contributed by atoms with E-state index >= 15 is 0 Å².